The summed E-state index contributed by atoms with van der Waals surface area (Å²) in [5, 5.41) is 11.6. The summed E-state index contributed by atoms with van der Waals surface area (Å²) in [6.45, 7) is 16.5. The van der Waals surface area contributed by atoms with Gasteiger partial charge in [0.25, 0.3) is 0 Å². The first-order valence-corrected chi connectivity index (χ1v) is 11.3. The summed E-state index contributed by atoms with van der Waals surface area (Å²) in [7, 11) is -2.11. The Bertz CT molecular complexity index is 608. The summed E-state index contributed by atoms with van der Waals surface area (Å²) in [5.41, 5.74) is -0.0492. The van der Waals surface area contributed by atoms with E-state index < -0.39 is 13.9 Å². The van der Waals surface area contributed by atoms with Crippen LogP contribution in [0.3, 0.4) is 0 Å². The molecule has 0 saturated carbocycles. The van der Waals surface area contributed by atoms with Crippen molar-refractivity contribution < 1.29 is 9.53 Å². The van der Waals surface area contributed by atoms with Crippen LogP contribution in [0, 0.1) is 17.8 Å². The lowest BCUT2D eigenvalue weighted by atomic mass is 9.95. The Labute approximate surface area is 154 Å². The maximum atomic E-state index is 10.3. The van der Waals surface area contributed by atoms with Gasteiger partial charge < -0.3 is 9.53 Å². The highest BCUT2D eigenvalue weighted by Gasteiger charge is 2.34. The molecule has 0 heterocycles. The van der Waals surface area contributed by atoms with Gasteiger partial charge in [0.2, 0.25) is 8.32 Å². The number of hydrogen-bond acceptors (Lipinski definition) is 2. The van der Waals surface area contributed by atoms with Gasteiger partial charge in [0.05, 0.1) is 0 Å². The van der Waals surface area contributed by atoms with Crippen molar-refractivity contribution in [1.82, 2.24) is 0 Å². The largest absolute Gasteiger partial charge is 0.412 e. The molecule has 1 N–H and O–H groups in total. The Kier molecular flexibility index (Phi) is 8.38. The minimum atomic E-state index is -2.11. The molecule has 0 saturated heterocycles. The molecule has 25 heavy (non-hydrogen) atoms. The van der Waals surface area contributed by atoms with Crippen LogP contribution in [-0.2, 0) is 4.43 Å². The van der Waals surface area contributed by atoms with Crippen molar-refractivity contribution in [2.75, 3.05) is 6.61 Å². The van der Waals surface area contributed by atoms with Gasteiger partial charge >= 0.3 is 0 Å². The highest BCUT2D eigenvalue weighted by atomic mass is 28.4. The standard InChI is InChI=1S/C22H32O2Si/c1-7-16-25(17-8-2,24-9-3)21-12-10-20(11-13-21)14-15-22(6,23)18-19(4)5/h7-8,10-13,19,23H,1-2,9,16-18H2,3-6H3. The Hall–Kier alpha value is -1.60. The van der Waals surface area contributed by atoms with E-state index in [0.29, 0.717) is 18.9 Å². The molecule has 0 aliphatic rings. The maximum absolute atomic E-state index is 10.3. The van der Waals surface area contributed by atoms with Crippen LogP contribution in [0.2, 0.25) is 12.1 Å². The number of benzene rings is 1. The van der Waals surface area contributed by atoms with Gasteiger partial charge in [0.15, 0.2) is 0 Å². The molecule has 1 unspecified atom stereocenters. The molecule has 0 aliphatic carbocycles. The Morgan fingerprint density at radius 2 is 1.76 bits per heavy atom. The highest BCUT2D eigenvalue weighted by molar-refractivity contribution is 6.87. The molecule has 0 amide bonds. The van der Waals surface area contributed by atoms with Crippen LogP contribution in [0.15, 0.2) is 49.6 Å². The van der Waals surface area contributed by atoms with E-state index >= 15 is 0 Å². The van der Waals surface area contributed by atoms with Crippen molar-refractivity contribution in [3.63, 3.8) is 0 Å². The van der Waals surface area contributed by atoms with E-state index in [1.165, 1.54) is 5.19 Å². The van der Waals surface area contributed by atoms with Crippen molar-refractivity contribution in [1.29, 1.82) is 0 Å². The van der Waals surface area contributed by atoms with Crippen molar-refractivity contribution >= 4 is 13.5 Å². The SMILES string of the molecule is C=CC[Si](CC=C)(OCC)c1ccc(C#CC(C)(O)CC(C)C)cc1. The third-order valence-corrected chi connectivity index (χ3v) is 8.18. The lowest BCUT2D eigenvalue weighted by Crippen LogP contribution is -2.50. The van der Waals surface area contributed by atoms with Gasteiger partial charge in [0, 0.05) is 12.2 Å². The Balaban J connectivity index is 3.08. The average molecular weight is 357 g/mol. The molecule has 1 atom stereocenters. The molecular weight excluding hydrogens is 324 g/mol. The van der Waals surface area contributed by atoms with Crippen LogP contribution in [0.4, 0.5) is 0 Å². The monoisotopic (exact) mass is 356 g/mol. The average Bonchev–Trinajstić information content (AvgIpc) is 2.53. The zero-order chi connectivity index (χ0) is 18.9. The molecule has 0 radical (unpaired) electrons. The molecule has 3 heteroatoms. The van der Waals surface area contributed by atoms with E-state index in [2.05, 4.69) is 51.0 Å². The minimum absolute atomic E-state index is 0.405. The molecule has 1 rings (SSSR count). The Morgan fingerprint density at radius 1 is 1.20 bits per heavy atom. The zero-order valence-corrected chi connectivity index (χ0v) is 17.1. The van der Waals surface area contributed by atoms with Crippen LogP contribution in [0.1, 0.15) is 39.7 Å². The predicted molar refractivity (Wildman–Crippen MR) is 110 cm³/mol. The second kappa shape index (κ2) is 9.77. The first-order chi connectivity index (χ1) is 11.8. The number of rotatable bonds is 9. The van der Waals surface area contributed by atoms with Crippen LogP contribution in [0.5, 0.6) is 0 Å². The first kappa shape index (κ1) is 21.4. The second-order valence-corrected chi connectivity index (χ2v) is 10.8. The van der Waals surface area contributed by atoms with Crippen LogP contribution in [0.25, 0.3) is 0 Å². The molecular formula is C22H32O2Si. The quantitative estimate of drug-likeness (QED) is 0.404. The van der Waals surface area contributed by atoms with Gasteiger partial charge in [-0.1, -0.05) is 50.0 Å². The van der Waals surface area contributed by atoms with Gasteiger partial charge in [-0.25, -0.2) is 0 Å². The second-order valence-electron chi connectivity index (χ2n) is 7.11. The third-order valence-electron chi connectivity index (χ3n) is 4.06. The molecule has 0 bridgehead atoms. The Morgan fingerprint density at radius 3 is 2.20 bits per heavy atom. The summed E-state index contributed by atoms with van der Waals surface area (Å²) in [6, 6.07) is 9.97. The van der Waals surface area contributed by atoms with E-state index in [4.69, 9.17) is 4.43 Å². The first-order valence-electron chi connectivity index (χ1n) is 9.00. The van der Waals surface area contributed by atoms with Crippen molar-refractivity contribution in [3.8, 4) is 11.8 Å². The van der Waals surface area contributed by atoms with Crippen LogP contribution >= 0.6 is 0 Å². The summed E-state index contributed by atoms with van der Waals surface area (Å²) < 4.78 is 6.21. The maximum Gasteiger partial charge on any atom is 0.231 e. The third kappa shape index (κ3) is 6.66. The summed E-state index contributed by atoms with van der Waals surface area (Å²) in [5.74, 6) is 6.50. The van der Waals surface area contributed by atoms with E-state index in [-0.39, 0.29) is 0 Å². The molecule has 136 valence electrons. The molecule has 1 aromatic carbocycles. The van der Waals surface area contributed by atoms with E-state index in [1.807, 2.05) is 31.2 Å². The van der Waals surface area contributed by atoms with Crippen LogP contribution in [-0.4, -0.2) is 25.6 Å². The number of allylic oxidation sites excluding steroid dienone is 2. The molecule has 0 fully saturated rings. The lowest BCUT2D eigenvalue weighted by Gasteiger charge is -2.29. The van der Waals surface area contributed by atoms with Crippen LogP contribution < -0.4 is 5.19 Å². The zero-order valence-electron chi connectivity index (χ0n) is 16.1. The topological polar surface area (TPSA) is 29.5 Å². The number of aliphatic hydroxyl groups is 1. The van der Waals surface area contributed by atoms with E-state index in [1.54, 1.807) is 6.92 Å². The number of hydrogen-bond donors (Lipinski definition) is 1. The van der Waals surface area contributed by atoms with Gasteiger partial charge in [0.1, 0.15) is 5.60 Å². The molecule has 2 nitrogen and oxygen atoms in total. The lowest BCUT2D eigenvalue weighted by molar-refractivity contribution is 0.0976. The van der Waals surface area contributed by atoms with E-state index in [0.717, 1.165) is 17.7 Å². The molecule has 1 aromatic rings. The van der Waals surface area contributed by atoms with Crippen molar-refractivity contribution in [3.05, 3.63) is 55.1 Å². The molecule has 0 aromatic heterocycles. The summed E-state index contributed by atoms with van der Waals surface area (Å²) >= 11 is 0. The normalized spacial score (nSPS) is 13.7. The van der Waals surface area contributed by atoms with Gasteiger partial charge in [-0.3, -0.25) is 0 Å². The fourth-order valence-electron chi connectivity index (χ4n) is 3.17. The van der Waals surface area contributed by atoms with Crippen molar-refractivity contribution in [2.24, 2.45) is 5.92 Å². The highest BCUT2D eigenvalue weighted by Crippen LogP contribution is 2.20. The summed E-state index contributed by atoms with van der Waals surface area (Å²) in [4.78, 5) is 0. The molecule has 0 aliphatic heterocycles. The minimum Gasteiger partial charge on any atom is -0.412 e. The van der Waals surface area contributed by atoms with Gasteiger partial charge in [-0.05, 0) is 55.6 Å². The van der Waals surface area contributed by atoms with E-state index in [9.17, 15) is 5.11 Å². The van der Waals surface area contributed by atoms with Gasteiger partial charge in [-0.15, -0.1) is 13.2 Å². The molecule has 0 spiro atoms. The fourth-order valence-corrected chi connectivity index (χ4v) is 6.47. The predicted octanol–water partition coefficient (Wildman–Crippen LogP) is 4.40. The van der Waals surface area contributed by atoms with Crippen molar-refractivity contribution in [2.45, 2.75) is 51.8 Å². The smallest absolute Gasteiger partial charge is 0.231 e. The summed E-state index contributed by atoms with van der Waals surface area (Å²) in [6.07, 6.45) is 4.56. The fraction of sp³-hybridized carbons (Fsp3) is 0.455. The van der Waals surface area contributed by atoms with Gasteiger partial charge in [-0.2, -0.15) is 0 Å².